The molecule has 53 heavy (non-hydrogen) atoms. The number of hydroxylamine groups is 2. The van der Waals surface area contributed by atoms with E-state index < -0.39 is 24.2 Å². The Kier molecular flexibility index (Phi) is 13.8. The quantitative estimate of drug-likeness (QED) is 0.193. The number of likely N-dealkylation sites (N-methyl/N-ethyl adjacent to an activating group) is 1. The highest BCUT2D eigenvalue weighted by Gasteiger charge is 2.57. The van der Waals surface area contributed by atoms with Crippen molar-refractivity contribution in [1.29, 1.82) is 0 Å². The van der Waals surface area contributed by atoms with E-state index in [9.17, 15) is 19.8 Å². The number of nitrogens with one attached hydrogen (secondary N) is 1. The average molecular weight is 732 g/mol. The van der Waals surface area contributed by atoms with Gasteiger partial charge in [-0.2, -0.15) is 5.06 Å². The van der Waals surface area contributed by atoms with Crippen molar-refractivity contribution in [2.24, 2.45) is 29.1 Å². The van der Waals surface area contributed by atoms with E-state index in [-0.39, 0.29) is 24.5 Å². The van der Waals surface area contributed by atoms with Crippen LogP contribution < -0.4 is 5.32 Å². The minimum Gasteiger partial charge on any atom is -0.394 e. The number of carbonyl (C=O) groups is 2. The first kappa shape index (κ1) is 40.9. The number of hydrogen-bond acceptors (Lipinski definition) is 8. The van der Waals surface area contributed by atoms with Crippen LogP contribution in [-0.4, -0.2) is 112 Å². The normalized spacial score (nSPS) is 27.1. The Morgan fingerprint density at radius 3 is 2.26 bits per heavy atom. The van der Waals surface area contributed by atoms with E-state index in [0.29, 0.717) is 41.8 Å². The molecule has 3 saturated carbocycles. The molecule has 3 aliphatic carbocycles. The Bertz CT molecular complexity index is 1540. The molecule has 0 unspecified atom stereocenters. The van der Waals surface area contributed by atoms with Gasteiger partial charge in [0.2, 0.25) is 5.91 Å². The van der Waals surface area contributed by atoms with Crippen LogP contribution in [0.3, 0.4) is 0 Å². The summed E-state index contributed by atoms with van der Waals surface area (Å²) in [5.74, 6) is 0.783. The number of hydrogen-bond donors (Lipinski definition) is 3. The van der Waals surface area contributed by atoms with Crippen molar-refractivity contribution in [3.05, 3.63) is 72.1 Å². The highest BCUT2D eigenvalue weighted by atomic mass is 16.7. The summed E-state index contributed by atoms with van der Waals surface area (Å²) in [5, 5.41) is 26.1. The smallest absolute Gasteiger partial charge is 0.257 e. The highest BCUT2D eigenvalue weighted by Crippen LogP contribution is 2.61. The highest BCUT2D eigenvalue weighted by molar-refractivity contribution is 5.95. The van der Waals surface area contributed by atoms with Gasteiger partial charge in [-0.3, -0.25) is 14.4 Å². The Morgan fingerprint density at radius 1 is 0.981 bits per heavy atom. The van der Waals surface area contributed by atoms with Crippen molar-refractivity contribution < 1.29 is 24.6 Å². The molecule has 1 aliphatic heterocycles. The summed E-state index contributed by atoms with van der Waals surface area (Å²) in [6.45, 7) is 22.1. The molecule has 1 heterocycles. The molecule has 0 aromatic heterocycles. The van der Waals surface area contributed by atoms with Gasteiger partial charge in [0.1, 0.15) is 12.1 Å². The molecular weight excluding hydrogens is 667 g/mol. The van der Waals surface area contributed by atoms with E-state index in [1.807, 2.05) is 59.8 Å². The lowest BCUT2D eigenvalue weighted by Crippen LogP contribution is -2.62. The van der Waals surface area contributed by atoms with Gasteiger partial charge in [0.05, 0.1) is 19.3 Å². The fraction of sp³-hybridized carbons (Fsp3) is 0.628. The third-order valence-electron chi connectivity index (χ3n) is 12.9. The summed E-state index contributed by atoms with van der Waals surface area (Å²) in [6, 6.07) is 15.2. The van der Waals surface area contributed by atoms with Gasteiger partial charge < -0.3 is 30.2 Å². The van der Waals surface area contributed by atoms with Crippen LogP contribution in [0.5, 0.6) is 0 Å². The Morgan fingerprint density at radius 2 is 1.68 bits per heavy atom. The van der Waals surface area contributed by atoms with E-state index in [4.69, 9.17) is 4.84 Å². The molecule has 292 valence electrons. The van der Waals surface area contributed by atoms with Crippen LogP contribution in [0.1, 0.15) is 84.2 Å². The zero-order valence-electron chi connectivity index (χ0n) is 33.4. The SMILES string of the molecule is CCN(/C=C/N(CCN(CC)CC)C(=O)c1ccc(-c2cccc(CN3O[C@@H](CO)[C@@H]([C@H](C)O)[C@H]3C(=O)N[C@H]3C[C@H]4C[C@@H]([C@@H]3C)C4(C)C)c2)cc1)CC. The van der Waals surface area contributed by atoms with Crippen LogP contribution in [0.15, 0.2) is 60.9 Å². The number of amides is 2. The zero-order valence-corrected chi connectivity index (χ0v) is 33.4. The van der Waals surface area contributed by atoms with Crippen molar-refractivity contribution in [3.8, 4) is 11.1 Å². The van der Waals surface area contributed by atoms with E-state index in [2.05, 4.69) is 69.6 Å². The third kappa shape index (κ3) is 9.00. The van der Waals surface area contributed by atoms with E-state index in [1.54, 1.807) is 12.0 Å². The standard InChI is InChI=1S/C43H65N5O5/c1-9-45(10-2)20-22-47(23-21-46(11-3)12-4)42(52)33-18-16-32(17-19-33)34-15-13-14-31(24-34)27-48-40(39(30(6)50)38(28-49)53-48)41(51)44-37-26-35-25-36(29(37)5)43(35,7)8/h13-20,22,24,29-30,35-40,49-50H,9-12,21,23,25-28H2,1-8H3,(H,44,51)/b22-20+/t29-,30-,35+,36-,37-,38-,39+,40-/m0/s1. The molecule has 4 aliphatic rings. The molecule has 2 amide bonds. The van der Waals surface area contributed by atoms with Gasteiger partial charge in [-0.1, -0.05) is 65.0 Å². The maximum absolute atomic E-state index is 14.1. The Labute approximate surface area is 318 Å². The van der Waals surface area contributed by atoms with Crippen LogP contribution >= 0.6 is 0 Å². The van der Waals surface area contributed by atoms with Crippen molar-refractivity contribution in [1.82, 2.24) is 25.1 Å². The summed E-state index contributed by atoms with van der Waals surface area (Å²) >= 11 is 0. The molecule has 8 atom stereocenters. The lowest BCUT2D eigenvalue weighted by Gasteiger charge is -2.62. The first-order valence-electron chi connectivity index (χ1n) is 20.0. The fourth-order valence-corrected chi connectivity index (χ4v) is 9.13. The number of fused-ring (bicyclic) bond motifs is 2. The van der Waals surface area contributed by atoms with Gasteiger partial charge in [-0.15, -0.1) is 0 Å². The lowest BCUT2D eigenvalue weighted by molar-refractivity contribution is -0.183. The van der Waals surface area contributed by atoms with Gasteiger partial charge in [-0.25, -0.2) is 0 Å². The van der Waals surface area contributed by atoms with Crippen LogP contribution in [0.2, 0.25) is 0 Å². The molecule has 2 bridgehead atoms. The molecule has 4 fully saturated rings. The van der Waals surface area contributed by atoms with Crippen LogP contribution in [0.25, 0.3) is 11.1 Å². The topological polar surface area (TPSA) is 109 Å². The van der Waals surface area contributed by atoms with Crippen LogP contribution in [0, 0.1) is 29.1 Å². The second kappa shape index (κ2) is 17.9. The summed E-state index contributed by atoms with van der Waals surface area (Å²) in [4.78, 5) is 40.4. The average Bonchev–Trinajstić information content (AvgIpc) is 3.53. The maximum Gasteiger partial charge on any atom is 0.257 e. The Balaban J connectivity index is 1.31. The molecule has 2 aromatic rings. The van der Waals surface area contributed by atoms with E-state index in [0.717, 1.165) is 55.8 Å². The molecule has 2 aromatic carbocycles. The Hall–Kier alpha value is -3.28. The molecular formula is C43H65N5O5. The number of carbonyl (C=O) groups excluding carboxylic acids is 2. The summed E-state index contributed by atoms with van der Waals surface area (Å²) in [6.07, 6.45) is 4.55. The van der Waals surface area contributed by atoms with Crippen LogP contribution in [0.4, 0.5) is 0 Å². The minimum atomic E-state index is -0.850. The molecule has 1 saturated heterocycles. The lowest BCUT2D eigenvalue weighted by atomic mass is 9.45. The number of aliphatic hydroxyl groups is 2. The number of benzene rings is 2. The third-order valence-corrected chi connectivity index (χ3v) is 12.9. The second-order valence-electron chi connectivity index (χ2n) is 16.1. The van der Waals surface area contributed by atoms with Crippen molar-refractivity contribution in [2.75, 3.05) is 45.9 Å². The maximum atomic E-state index is 14.1. The van der Waals surface area contributed by atoms with E-state index in [1.165, 1.54) is 6.42 Å². The zero-order chi connectivity index (χ0) is 38.4. The fourth-order valence-electron chi connectivity index (χ4n) is 9.13. The van der Waals surface area contributed by atoms with Crippen LogP contribution in [-0.2, 0) is 16.2 Å². The second-order valence-corrected chi connectivity index (χ2v) is 16.1. The van der Waals surface area contributed by atoms with E-state index >= 15 is 0 Å². The van der Waals surface area contributed by atoms with Crippen molar-refractivity contribution in [3.63, 3.8) is 0 Å². The van der Waals surface area contributed by atoms with Gasteiger partial charge in [0, 0.05) is 56.1 Å². The predicted octanol–water partition coefficient (Wildman–Crippen LogP) is 5.61. The monoisotopic (exact) mass is 731 g/mol. The summed E-state index contributed by atoms with van der Waals surface area (Å²) in [7, 11) is 0. The number of rotatable bonds is 17. The predicted molar refractivity (Wildman–Crippen MR) is 210 cm³/mol. The molecule has 0 radical (unpaired) electrons. The van der Waals surface area contributed by atoms with Crippen molar-refractivity contribution in [2.45, 2.75) is 99.1 Å². The number of aliphatic hydroxyl groups excluding tert-OH is 2. The molecule has 0 spiro atoms. The first-order valence-corrected chi connectivity index (χ1v) is 20.0. The van der Waals surface area contributed by atoms with Crippen molar-refractivity contribution >= 4 is 11.8 Å². The van der Waals surface area contributed by atoms with Gasteiger partial charge in [-0.05, 0) is 105 Å². The summed E-state index contributed by atoms with van der Waals surface area (Å²) < 4.78 is 0. The molecule has 10 heteroatoms. The molecule has 10 nitrogen and oxygen atoms in total. The first-order chi connectivity index (χ1) is 25.4. The molecule has 3 N–H and O–H groups in total. The van der Waals surface area contributed by atoms with Gasteiger partial charge >= 0.3 is 0 Å². The minimum absolute atomic E-state index is 0.0363. The number of nitrogens with zero attached hydrogens (tertiary/aromatic N) is 4. The van der Waals surface area contributed by atoms with Gasteiger partial charge in [0.25, 0.3) is 5.91 Å². The molecule has 6 rings (SSSR count). The summed E-state index contributed by atoms with van der Waals surface area (Å²) in [5.41, 5.74) is 3.81. The van der Waals surface area contributed by atoms with Gasteiger partial charge in [0.15, 0.2) is 0 Å². The largest absolute Gasteiger partial charge is 0.394 e.